The molecule has 0 heterocycles. The second-order valence-corrected chi connectivity index (χ2v) is 6.46. The zero-order chi connectivity index (χ0) is 17.4. The minimum atomic E-state index is 0.604. The lowest BCUT2D eigenvalue weighted by Crippen LogP contribution is -2.43. The first-order valence-corrected chi connectivity index (χ1v) is 9.06. The number of hydrogen-bond acceptors (Lipinski definition) is 3. The van der Waals surface area contributed by atoms with E-state index in [0.717, 1.165) is 36.4 Å². The standard InChI is InChI=1S/C19H32N4O/c1-5-24-18-9-7-6-8-16(18)14-22-19(20-4)21-12-13-23(15(2)3)17-10-11-17/h6-9,15,17H,5,10-14H2,1-4H3,(H2,20,21,22). The molecule has 1 aliphatic rings. The maximum Gasteiger partial charge on any atom is 0.191 e. The van der Waals surface area contributed by atoms with Crippen molar-refractivity contribution >= 4 is 5.96 Å². The number of para-hydroxylation sites is 1. The molecule has 5 heteroatoms. The molecule has 0 radical (unpaired) electrons. The van der Waals surface area contributed by atoms with Crippen molar-refractivity contribution in [2.24, 2.45) is 4.99 Å². The van der Waals surface area contributed by atoms with E-state index >= 15 is 0 Å². The molecule has 0 atom stereocenters. The summed E-state index contributed by atoms with van der Waals surface area (Å²) in [6.07, 6.45) is 2.69. The van der Waals surface area contributed by atoms with Gasteiger partial charge in [0, 0.05) is 44.3 Å². The molecule has 0 amide bonds. The molecule has 0 bridgehead atoms. The van der Waals surface area contributed by atoms with Crippen molar-refractivity contribution in [2.45, 2.75) is 52.2 Å². The summed E-state index contributed by atoms with van der Waals surface area (Å²) in [6, 6.07) is 9.52. The van der Waals surface area contributed by atoms with Gasteiger partial charge >= 0.3 is 0 Å². The summed E-state index contributed by atoms with van der Waals surface area (Å²) in [7, 11) is 1.81. The lowest BCUT2D eigenvalue weighted by Gasteiger charge is -2.26. The molecule has 0 aliphatic heterocycles. The van der Waals surface area contributed by atoms with Gasteiger partial charge in [0.1, 0.15) is 5.75 Å². The van der Waals surface area contributed by atoms with Gasteiger partial charge in [-0.25, -0.2) is 0 Å². The van der Waals surface area contributed by atoms with E-state index in [1.165, 1.54) is 12.8 Å². The molecule has 0 spiro atoms. The van der Waals surface area contributed by atoms with Crippen LogP contribution in [0.5, 0.6) is 5.75 Å². The number of nitrogens with zero attached hydrogens (tertiary/aromatic N) is 2. The van der Waals surface area contributed by atoms with Crippen LogP contribution < -0.4 is 15.4 Å². The maximum atomic E-state index is 5.67. The van der Waals surface area contributed by atoms with Crippen LogP contribution in [0.4, 0.5) is 0 Å². The highest BCUT2D eigenvalue weighted by Gasteiger charge is 2.30. The molecule has 1 aliphatic carbocycles. The Labute approximate surface area is 146 Å². The van der Waals surface area contributed by atoms with E-state index in [9.17, 15) is 0 Å². The molecule has 1 fully saturated rings. The molecule has 0 saturated heterocycles. The molecule has 0 unspecified atom stereocenters. The smallest absolute Gasteiger partial charge is 0.191 e. The highest BCUT2D eigenvalue weighted by Crippen LogP contribution is 2.27. The van der Waals surface area contributed by atoms with Crippen molar-refractivity contribution in [3.8, 4) is 5.75 Å². The molecule has 2 rings (SSSR count). The summed E-state index contributed by atoms with van der Waals surface area (Å²) >= 11 is 0. The average molecular weight is 332 g/mol. The molecule has 5 nitrogen and oxygen atoms in total. The molecular weight excluding hydrogens is 300 g/mol. The Morgan fingerprint density at radius 3 is 2.67 bits per heavy atom. The van der Waals surface area contributed by atoms with E-state index in [1.807, 2.05) is 32.2 Å². The van der Waals surface area contributed by atoms with E-state index in [0.29, 0.717) is 19.2 Å². The van der Waals surface area contributed by atoms with Gasteiger partial charge in [-0.15, -0.1) is 0 Å². The number of rotatable bonds is 9. The molecule has 0 aromatic heterocycles. The Balaban J connectivity index is 1.78. The van der Waals surface area contributed by atoms with E-state index in [2.05, 4.69) is 40.4 Å². The normalized spacial score (nSPS) is 15.0. The lowest BCUT2D eigenvalue weighted by atomic mass is 10.2. The van der Waals surface area contributed by atoms with Crippen LogP contribution in [0.2, 0.25) is 0 Å². The number of benzene rings is 1. The third-order valence-electron chi connectivity index (χ3n) is 4.28. The summed E-state index contributed by atoms with van der Waals surface area (Å²) in [5.74, 6) is 1.77. The Bertz CT molecular complexity index is 524. The minimum absolute atomic E-state index is 0.604. The number of nitrogens with one attached hydrogen (secondary N) is 2. The van der Waals surface area contributed by atoms with E-state index in [-0.39, 0.29) is 0 Å². The molecule has 2 N–H and O–H groups in total. The highest BCUT2D eigenvalue weighted by atomic mass is 16.5. The first-order valence-electron chi connectivity index (χ1n) is 9.06. The van der Waals surface area contributed by atoms with Crippen molar-refractivity contribution in [2.75, 3.05) is 26.7 Å². The van der Waals surface area contributed by atoms with E-state index < -0.39 is 0 Å². The van der Waals surface area contributed by atoms with Crippen molar-refractivity contribution in [1.82, 2.24) is 15.5 Å². The summed E-state index contributed by atoms with van der Waals surface area (Å²) < 4.78 is 5.67. The van der Waals surface area contributed by atoms with Crippen LogP contribution in [0.1, 0.15) is 39.2 Å². The van der Waals surface area contributed by atoms with E-state index in [1.54, 1.807) is 0 Å². The van der Waals surface area contributed by atoms with Gasteiger partial charge in [-0.05, 0) is 39.7 Å². The molecule has 1 aromatic carbocycles. The highest BCUT2D eigenvalue weighted by molar-refractivity contribution is 5.79. The van der Waals surface area contributed by atoms with Gasteiger partial charge in [0.05, 0.1) is 6.61 Å². The predicted molar refractivity (Wildman–Crippen MR) is 101 cm³/mol. The molecule has 1 aromatic rings. The van der Waals surface area contributed by atoms with Crippen molar-refractivity contribution in [1.29, 1.82) is 0 Å². The Morgan fingerprint density at radius 1 is 1.29 bits per heavy atom. The van der Waals surface area contributed by atoms with Crippen LogP contribution in [-0.4, -0.2) is 49.7 Å². The average Bonchev–Trinajstić information content (AvgIpc) is 3.40. The second kappa shape index (κ2) is 9.52. The van der Waals surface area contributed by atoms with Gasteiger partial charge in [0.2, 0.25) is 0 Å². The van der Waals surface area contributed by atoms with Crippen molar-refractivity contribution < 1.29 is 4.74 Å². The second-order valence-electron chi connectivity index (χ2n) is 6.46. The molecule has 134 valence electrons. The molecular formula is C19H32N4O. The third-order valence-corrected chi connectivity index (χ3v) is 4.28. The van der Waals surface area contributed by atoms with Crippen molar-refractivity contribution in [3.63, 3.8) is 0 Å². The summed E-state index contributed by atoms with van der Waals surface area (Å²) in [4.78, 5) is 6.89. The topological polar surface area (TPSA) is 48.9 Å². The quantitative estimate of drug-likeness (QED) is 0.539. The fourth-order valence-corrected chi connectivity index (χ4v) is 2.92. The first kappa shape index (κ1) is 18.6. The monoisotopic (exact) mass is 332 g/mol. The maximum absolute atomic E-state index is 5.67. The van der Waals surface area contributed by atoms with Gasteiger partial charge in [0.15, 0.2) is 5.96 Å². The Hall–Kier alpha value is -1.75. The number of ether oxygens (including phenoxy) is 1. The first-order chi connectivity index (χ1) is 11.7. The summed E-state index contributed by atoms with van der Waals surface area (Å²) in [5.41, 5.74) is 1.14. The van der Waals surface area contributed by atoms with Crippen LogP contribution in [0.25, 0.3) is 0 Å². The summed E-state index contributed by atoms with van der Waals surface area (Å²) in [6.45, 7) is 9.89. The Kier molecular flexibility index (Phi) is 7.37. The predicted octanol–water partition coefficient (Wildman–Crippen LogP) is 2.62. The number of hydrogen-bond donors (Lipinski definition) is 2. The van der Waals surface area contributed by atoms with Gasteiger partial charge in [-0.1, -0.05) is 18.2 Å². The molecule has 24 heavy (non-hydrogen) atoms. The largest absolute Gasteiger partial charge is 0.494 e. The van der Waals surface area contributed by atoms with Gasteiger partial charge in [0.25, 0.3) is 0 Å². The van der Waals surface area contributed by atoms with Gasteiger partial charge in [-0.2, -0.15) is 0 Å². The van der Waals surface area contributed by atoms with E-state index in [4.69, 9.17) is 4.74 Å². The minimum Gasteiger partial charge on any atom is -0.494 e. The fourth-order valence-electron chi connectivity index (χ4n) is 2.92. The number of aliphatic imine (C=N–C) groups is 1. The van der Waals surface area contributed by atoms with Crippen LogP contribution in [0, 0.1) is 0 Å². The molecule has 1 saturated carbocycles. The zero-order valence-corrected chi connectivity index (χ0v) is 15.5. The fraction of sp³-hybridized carbons (Fsp3) is 0.632. The van der Waals surface area contributed by atoms with Crippen LogP contribution in [-0.2, 0) is 6.54 Å². The lowest BCUT2D eigenvalue weighted by molar-refractivity contribution is 0.215. The Morgan fingerprint density at radius 2 is 2.04 bits per heavy atom. The van der Waals surface area contributed by atoms with Gasteiger partial charge < -0.3 is 15.4 Å². The van der Waals surface area contributed by atoms with Crippen LogP contribution in [0.3, 0.4) is 0 Å². The zero-order valence-electron chi connectivity index (χ0n) is 15.5. The summed E-state index contributed by atoms with van der Waals surface area (Å²) in [5, 5.41) is 6.79. The third kappa shape index (κ3) is 5.71. The van der Waals surface area contributed by atoms with Crippen LogP contribution in [0.15, 0.2) is 29.3 Å². The number of guanidine groups is 1. The van der Waals surface area contributed by atoms with Gasteiger partial charge in [-0.3, -0.25) is 9.89 Å². The van der Waals surface area contributed by atoms with Crippen LogP contribution >= 0.6 is 0 Å². The van der Waals surface area contributed by atoms with Crippen molar-refractivity contribution in [3.05, 3.63) is 29.8 Å². The SMILES string of the molecule is CCOc1ccccc1CNC(=NC)NCCN(C(C)C)C1CC1.